The smallest absolute Gasteiger partial charge is 0.126 e. The maximum Gasteiger partial charge on any atom is 0.126 e. The van der Waals surface area contributed by atoms with Gasteiger partial charge in [-0.1, -0.05) is 55.9 Å². The Morgan fingerprint density at radius 3 is 2.07 bits per heavy atom. The average Bonchev–Trinajstić information content (AvgIpc) is 2.65. The molecule has 0 saturated carbocycles. The summed E-state index contributed by atoms with van der Waals surface area (Å²) < 4.78 is 11.4. The Morgan fingerprint density at radius 2 is 1.52 bits per heavy atom. The molecule has 0 atom stereocenters. The molecule has 0 heterocycles. The monoisotopic (exact) mass is 372 g/mol. The largest absolute Gasteiger partial charge is 0.496 e. The molecule has 1 aromatic carbocycles. The first-order valence-electron chi connectivity index (χ1n) is 10.5. The van der Waals surface area contributed by atoms with Gasteiger partial charge in [-0.25, -0.2) is 0 Å². The van der Waals surface area contributed by atoms with Crippen molar-refractivity contribution in [3.8, 4) is 11.5 Å². The van der Waals surface area contributed by atoms with Crippen molar-refractivity contribution in [2.45, 2.75) is 85.5 Å². The number of benzene rings is 1. The van der Waals surface area contributed by atoms with Crippen LogP contribution in [0.3, 0.4) is 0 Å². The van der Waals surface area contributed by atoms with E-state index in [0.29, 0.717) is 0 Å². The molecule has 0 radical (unpaired) electrons. The highest BCUT2D eigenvalue weighted by molar-refractivity contribution is 5.49. The van der Waals surface area contributed by atoms with Crippen LogP contribution < -0.4 is 9.47 Å². The molecule has 0 aliphatic carbocycles. The van der Waals surface area contributed by atoms with Gasteiger partial charge in [-0.15, -0.1) is 0 Å². The van der Waals surface area contributed by atoms with E-state index in [1.807, 2.05) is 0 Å². The van der Waals surface area contributed by atoms with Gasteiger partial charge in [-0.2, -0.15) is 0 Å². The number of allylic oxidation sites excluding steroid dienone is 4. The van der Waals surface area contributed by atoms with Crippen LogP contribution in [0, 0.1) is 0 Å². The van der Waals surface area contributed by atoms with Gasteiger partial charge >= 0.3 is 0 Å². The van der Waals surface area contributed by atoms with Crippen LogP contribution in [0.15, 0.2) is 35.4 Å². The number of ether oxygens (including phenoxy) is 2. The Labute approximate surface area is 167 Å². The van der Waals surface area contributed by atoms with Crippen molar-refractivity contribution in [2.75, 3.05) is 14.2 Å². The highest BCUT2D eigenvalue weighted by Gasteiger charge is 2.12. The summed E-state index contributed by atoms with van der Waals surface area (Å²) in [4.78, 5) is 0. The van der Waals surface area contributed by atoms with E-state index in [-0.39, 0.29) is 0 Å². The first-order valence-corrected chi connectivity index (χ1v) is 10.5. The Hall–Kier alpha value is -1.70. The van der Waals surface area contributed by atoms with Gasteiger partial charge in [0.05, 0.1) is 14.2 Å². The van der Waals surface area contributed by atoms with Crippen molar-refractivity contribution < 1.29 is 9.47 Å². The first-order chi connectivity index (χ1) is 13.0. The minimum absolute atomic E-state index is 0.851. The molecule has 0 aliphatic rings. The summed E-state index contributed by atoms with van der Waals surface area (Å²) in [6.07, 6.45) is 15.3. The van der Waals surface area contributed by atoms with Gasteiger partial charge in [0.25, 0.3) is 0 Å². The van der Waals surface area contributed by atoms with Gasteiger partial charge in [0.2, 0.25) is 0 Å². The summed E-state index contributed by atoms with van der Waals surface area (Å²) in [5.74, 6) is 1.90. The van der Waals surface area contributed by atoms with E-state index in [9.17, 15) is 0 Å². The highest BCUT2D eigenvalue weighted by atomic mass is 16.5. The minimum Gasteiger partial charge on any atom is -0.496 e. The van der Waals surface area contributed by atoms with E-state index in [0.717, 1.165) is 42.7 Å². The lowest BCUT2D eigenvalue weighted by Crippen LogP contribution is -1.99. The Kier molecular flexibility index (Phi) is 11.6. The maximum atomic E-state index is 5.70. The van der Waals surface area contributed by atoms with Crippen molar-refractivity contribution in [3.05, 3.63) is 46.6 Å². The van der Waals surface area contributed by atoms with Crippen LogP contribution in [0.2, 0.25) is 0 Å². The van der Waals surface area contributed by atoms with Gasteiger partial charge in [-0.05, 0) is 70.6 Å². The van der Waals surface area contributed by atoms with Crippen molar-refractivity contribution in [2.24, 2.45) is 0 Å². The third-order valence-corrected chi connectivity index (χ3v) is 4.98. The molecule has 0 aliphatic heterocycles. The zero-order valence-electron chi connectivity index (χ0n) is 18.5. The minimum atomic E-state index is 0.851. The molecular formula is C25H40O2. The van der Waals surface area contributed by atoms with E-state index in [4.69, 9.17) is 9.47 Å². The number of hydrogen-bond acceptors (Lipinski definition) is 2. The summed E-state index contributed by atoms with van der Waals surface area (Å²) in [5.41, 5.74) is 5.26. The topological polar surface area (TPSA) is 18.5 Å². The van der Waals surface area contributed by atoms with E-state index < -0.39 is 0 Å². The second kappa shape index (κ2) is 13.5. The quantitative estimate of drug-likeness (QED) is 0.264. The molecular weight excluding hydrogens is 332 g/mol. The molecule has 0 aromatic heterocycles. The molecule has 152 valence electrons. The number of unbranched alkanes of at least 4 members (excludes halogenated alkanes) is 4. The second-order valence-corrected chi connectivity index (χ2v) is 7.72. The SMILES string of the molecule is CCCCCCCc1cc(OC)c(CC=C(C)CCC=C(C)C)c(OC)c1. The molecule has 0 fully saturated rings. The third kappa shape index (κ3) is 9.17. The lowest BCUT2D eigenvalue weighted by molar-refractivity contribution is 0.386. The van der Waals surface area contributed by atoms with E-state index in [1.165, 1.54) is 48.8 Å². The summed E-state index contributed by atoms with van der Waals surface area (Å²) in [6.45, 7) is 8.77. The molecule has 0 spiro atoms. The van der Waals surface area contributed by atoms with Crippen LogP contribution in [0.1, 0.15) is 83.8 Å². The summed E-state index contributed by atoms with van der Waals surface area (Å²) >= 11 is 0. The van der Waals surface area contributed by atoms with Crippen LogP contribution in [-0.4, -0.2) is 14.2 Å². The van der Waals surface area contributed by atoms with Crippen LogP contribution in [0.5, 0.6) is 11.5 Å². The Balaban J connectivity index is 2.79. The fraction of sp³-hybridized carbons (Fsp3) is 0.600. The molecule has 0 unspecified atom stereocenters. The molecule has 0 saturated heterocycles. The third-order valence-electron chi connectivity index (χ3n) is 4.98. The van der Waals surface area contributed by atoms with Gasteiger partial charge in [0, 0.05) is 5.56 Å². The van der Waals surface area contributed by atoms with Gasteiger partial charge in [0.1, 0.15) is 11.5 Å². The summed E-state index contributed by atoms with van der Waals surface area (Å²) in [6, 6.07) is 4.40. The standard InChI is InChI=1S/C25H40O2/c1-7-8-9-10-11-15-22-18-24(26-5)23(25(19-22)27-6)17-16-21(4)14-12-13-20(2)3/h13,16,18-19H,7-12,14-15,17H2,1-6H3. The van der Waals surface area contributed by atoms with Crippen molar-refractivity contribution in [1.82, 2.24) is 0 Å². The molecule has 0 amide bonds. The number of methoxy groups -OCH3 is 2. The van der Waals surface area contributed by atoms with Crippen LogP contribution >= 0.6 is 0 Å². The van der Waals surface area contributed by atoms with Crippen LogP contribution in [0.4, 0.5) is 0 Å². The molecule has 0 bridgehead atoms. The fourth-order valence-corrected chi connectivity index (χ4v) is 3.28. The van der Waals surface area contributed by atoms with E-state index in [1.54, 1.807) is 14.2 Å². The van der Waals surface area contributed by atoms with Gasteiger partial charge in [0.15, 0.2) is 0 Å². The highest BCUT2D eigenvalue weighted by Crippen LogP contribution is 2.32. The lowest BCUT2D eigenvalue weighted by atomic mass is 9.99. The van der Waals surface area contributed by atoms with Crippen LogP contribution in [-0.2, 0) is 12.8 Å². The number of hydrogen-bond donors (Lipinski definition) is 0. The van der Waals surface area contributed by atoms with Crippen LogP contribution in [0.25, 0.3) is 0 Å². The zero-order chi connectivity index (χ0) is 20.1. The number of aryl methyl sites for hydroxylation is 1. The Morgan fingerprint density at radius 1 is 0.889 bits per heavy atom. The molecule has 2 heteroatoms. The van der Waals surface area contributed by atoms with Gasteiger partial charge in [-0.3, -0.25) is 0 Å². The molecule has 1 rings (SSSR count). The van der Waals surface area contributed by atoms with Crippen molar-refractivity contribution in [3.63, 3.8) is 0 Å². The zero-order valence-corrected chi connectivity index (χ0v) is 18.5. The average molecular weight is 373 g/mol. The van der Waals surface area contributed by atoms with E-state index in [2.05, 4.69) is 52.0 Å². The predicted octanol–water partition coefficient (Wildman–Crippen LogP) is 7.45. The fourth-order valence-electron chi connectivity index (χ4n) is 3.28. The maximum absolute atomic E-state index is 5.70. The van der Waals surface area contributed by atoms with Crippen molar-refractivity contribution in [1.29, 1.82) is 0 Å². The molecule has 27 heavy (non-hydrogen) atoms. The predicted molar refractivity (Wildman–Crippen MR) is 118 cm³/mol. The number of rotatable bonds is 13. The normalized spacial score (nSPS) is 11.4. The molecule has 1 aromatic rings. The second-order valence-electron chi connectivity index (χ2n) is 7.72. The van der Waals surface area contributed by atoms with Gasteiger partial charge < -0.3 is 9.47 Å². The van der Waals surface area contributed by atoms with E-state index >= 15 is 0 Å². The molecule has 2 nitrogen and oxygen atoms in total. The molecule has 0 N–H and O–H groups in total. The first kappa shape index (κ1) is 23.3. The van der Waals surface area contributed by atoms with Crippen molar-refractivity contribution >= 4 is 0 Å². The lowest BCUT2D eigenvalue weighted by Gasteiger charge is -2.15. The Bertz CT molecular complexity index is 582. The summed E-state index contributed by atoms with van der Waals surface area (Å²) in [7, 11) is 3.52. The summed E-state index contributed by atoms with van der Waals surface area (Å²) in [5, 5.41) is 0.